The molecule has 2 aromatic carbocycles. The van der Waals surface area contributed by atoms with Crippen molar-refractivity contribution >= 4 is 35.0 Å². The highest BCUT2D eigenvalue weighted by molar-refractivity contribution is 8.06. The van der Waals surface area contributed by atoms with E-state index in [0.717, 1.165) is 22.5 Å². The Labute approximate surface area is 205 Å². The summed E-state index contributed by atoms with van der Waals surface area (Å²) in [5.74, 6) is -0.195. The molecule has 0 atom stereocenters. The average Bonchev–Trinajstić information content (AvgIpc) is 3.29. The summed E-state index contributed by atoms with van der Waals surface area (Å²) in [5, 5.41) is 12.7. The Morgan fingerprint density at radius 2 is 1.47 bits per heavy atom. The van der Waals surface area contributed by atoms with Gasteiger partial charge in [-0.1, -0.05) is 66.2 Å². The van der Waals surface area contributed by atoms with Gasteiger partial charge in [0.25, 0.3) is 5.91 Å². The number of piperazine rings is 1. The first-order valence-corrected chi connectivity index (χ1v) is 12.3. The van der Waals surface area contributed by atoms with Crippen LogP contribution >= 0.6 is 11.8 Å². The fourth-order valence-corrected chi connectivity index (χ4v) is 5.12. The number of carbonyl (C=O) groups is 2. The van der Waals surface area contributed by atoms with E-state index in [1.165, 1.54) is 17.3 Å². The number of aryl methyl sites for hydroxylation is 2. The molecule has 0 radical (unpaired) electrons. The topological polar surface area (TPSA) is 67.6 Å². The Balaban J connectivity index is 1.68. The van der Waals surface area contributed by atoms with Crippen molar-refractivity contribution in [3.05, 3.63) is 81.2 Å². The van der Waals surface area contributed by atoms with Gasteiger partial charge in [0.15, 0.2) is 0 Å². The molecule has 2 aliphatic heterocycles. The van der Waals surface area contributed by atoms with E-state index in [1.807, 2.05) is 55.3 Å². The quantitative estimate of drug-likeness (QED) is 0.478. The van der Waals surface area contributed by atoms with Crippen molar-refractivity contribution < 1.29 is 9.59 Å². The zero-order valence-corrected chi connectivity index (χ0v) is 20.6. The first-order chi connectivity index (χ1) is 16.4. The van der Waals surface area contributed by atoms with Gasteiger partial charge in [0, 0.05) is 43.7 Å². The van der Waals surface area contributed by atoms with Crippen molar-refractivity contribution in [1.82, 2.24) is 9.80 Å². The minimum atomic E-state index is -0.288. The SMILES string of the molecule is CCC(=O)N1CCN(C(=O)/C(C#N)=C2\SC=C(c3ccc(C)cc3)N2c2ccc(C)cc2)CC1. The third-order valence-corrected chi connectivity index (χ3v) is 7.08. The normalized spacial score (nSPS) is 17.4. The van der Waals surface area contributed by atoms with Crippen LogP contribution in [-0.2, 0) is 9.59 Å². The van der Waals surface area contributed by atoms with Crippen LogP contribution < -0.4 is 4.90 Å². The maximum absolute atomic E-state index is 13.5. The van der Waals surface area contributed by atoms with Crippen molar-refractivity contribution in [3.8, 4) is 6.07 Å². The molecule has 0 bridgehead atoms. The van der Waals surface area contributed by atoms with Gasteiger partial charge < -0.3 is 14.7 Å². The summed E-state index contributed by atoms with van der Waals surface area (Å²) < 4.78 is 0. The van der Waals surface area contributed by atoms with Crippen LogP contribution in [0.2, 0.25) is 0 Å². The molecule has 2 heterocycles. The predicted molar refractivity (Wildman–Crippen MR) is 136 cm³/mol. The number of anilines is 1. The summed E-state index contributed by atoms with van der Waals surface area (Å²) in [6, 6.07) is 18.5. The first kappa shape index (κ1) is 23.7. The maximum atomic E-state index is 13.5. The van der Waals surface area contributed by atoms with Gasteiger partial charge in [-0.15, -0.1) is 0 Å². The Hall–Kier alpha value is -3.50. The van der Waals surface area contributed by atoms with Gasteiger partial charge in [-0.05, 0) is 31.5 Å². The van der Waals surface area contributed by atoms with Crippen molar-refractivity contribution in [2.75, 3.05) is 31.1 Å². The lowest BCUT2D eigenvalue weighted by Crippen LogP contribution is -2.51. The molecule has 2 amide bonds. The lowest BCUT2D eigenvalue weighted by Gasteiger charge is -2.35. The molecular weight excluding hydrogens is 444 g/mol. The van der Waals surface area contributed by atoms with Crippen LogP contribution in [0.25, 0.3) is 5.70 Å². The monoisotopic (exact) mass is 472 g/mol. The van der Waals surface area contributed by atoms with Gasteiger partial charge in [-0.2, -0.15) is 5.26 Å². The summed E-state index contributed by atoms with van der Waals surface area (Å²) in [5.41, 5.74) is 5.28. The third kappa shape index (κ3) is 4.73. The number of hydrogen-bond donors (Lipinski definition) is 0. The Kier molecular flexibility index (Phi) is 7.09. The Morgan fingerprint density at radius 3 is 2.03 bits per heavy atom. The molecule has 174 valence electrons. The molecule has 7 heteroatoms. The van der Waals surface area contributed by atoms with Crippen molar-refractivity contribution in [3.63, 3.8) is 0 Å². The first-order valence-electron chi connectivity index (χ1n) is 11.4. The molecule has 0 aromatic heterocycles. The van der Waals surface area contributed by atoms with E-state index in [2.05, 4.69) is 30.3 Å². The molecule has 2 aliphatic rings. The van der Waals surface area contributed by atoms with Crippen LogP contribution in [0.1, 0.15) is 30.0 Å². The second-order valence-electron chi connectivity index (χ2n) is 8.48. The van der Waals surface area contributed by atoms with E-state index in [1.54, 1.807) is 9.80 Å². The highest BCUT2D eigenvalue weighted by atomic mass is 32.2. The van der Waals surface area contributed by atoms with Crippen LogP contribution in [0.4, 0.5) is 5.69 Å². The van der Waals surface area contributed by atoms with Crippen LogP contribution in [0, 0.1) is 25.2 Å². The van der Waals surface area contributed by atoms with Crippen LogP contribution in [0.5, 0.6) is 0 Å². The molecule has 0 N–H and O–H groups in total. The number of carbonyl (C=O) groups excluding carboxylic acids is 2. The largest absolute Gasteiger partial charge is 0.339 e. The van der Waals surface area contributed by atoms with Crippen molar-refractivity contribution in [2.45, 2.75) is 27.2 Å². The summed E-state index contributed by atoms with van der Waals surface area (Å²) in [4.78, 5) is 30.9. The minimum absolute atomic E-state index is 0.0924. The van der Waals surface area contributed by atoms with E-state index < -0.39 is 0 Å². The van der Waals surface area contributed by atoms with E-state index >= 15 is 0 Å². The highest BCUT2D eigenvalue weighted by Gasteiger charge is 2.33. The Bertz CT molecular complexity index is 1180. The molecule has 1 fully saturated rings. The predicted octanol–water partition coefficient (Wildman–Crippen LogP) is 4.67. The molecule has 34 heavy (non-hydrogen) atoms. The van der Waals surface area contributed by atoms with Gasteiger partial charge in [-0.25, -0.2) is 0 Å². The van der Waals surface area contributed by atoms with E-state index in [9.17, 15) is 14.9 Å². The molecule has 4 rings (SSSR count). The summed E-state index contributed by atoms with van der Waals surface area (Å²) in [7, 11) is 0. The van der Waals surface area contributed by atoms with E-state index in [4.69, 9.17) is 0 Å². The second kappa shape index (κ2) is 10.2. The number of hydrogen-bond acceptors (Lipinski definition) is 5. The van der Waals surface area contributed by atoms with E-state index in [0.29, 0.717) is 37.6 Å². The lowest BCUT2D eigenvalue weighted by molar-refractivity contribution is -0.137. The highest BCUT2D eigenvalue weighted by Crippen LogP contribution is 2.44. The van der Waals surface area contributed by atoms with Crippen LogP contribution in [0.3, 0.4) is 0 Å². The van der Waals surface area contributed by atoms with Gasteiger partial charge in [0.2, 0.25) is 5.91 Å². The average molecular weight is 473 g/mol. The minimum Gasteiger partial charge on any atom is -0.339 e. The number of amides is 2. The van der Waals surface area contributed by atoms with Gasteiger partial charge in [0.05, 0.1) is 5.70 Å². The third-order valence-electron chi connectivity index (χ3n) is 6.13. The maximum Gasteiger partial charge on any atom is 0.267 e. The number of nitriles is 1. The fraction of sp³-hybridized carbons (Fsp3) is 0.296. The standard InChI is InChI=1S/C27H28N4O2S/c1-4-25(32)29-13-15-30(16-14-29)26(33)23(17-28)27-31(22-11-7-20(3)8-12-22)24(18-34-27)21-9-5-19(2)6-10-21/h5-12,18H,4,13-16H2,1-3H3/b27-23-. The number of nitrogens with zero attached hydrogens (tertiary/aromatic N) is 4. The molecule has 0 aliphatic carbocycles. The van der Waals surface area contributed by atoms with Crippen molar-refractivity contribution in [2.24, 2.45) is 0 Å². The molecule has 0 saturated carbocycles. The lowest BCUT2D eigenvalue weighted by atomic mass is 10.1. The number of benzene rings is 2. The van der Waals surface area contributed by atoms with Gasteiger partial charge in [-0.3, -0.25) is 9.59 Å². The van der Waals surface area contributed by atoms with Crippen LogP contribution in [-0.4, -0.2) is 47.8 Å². The molecule has 2 aromatic rings. The zero-order valence-electron chi connectivity index (χ0n) is 19.7. The zero-order chi connectivity index (χ0) is 24.2. The molecular formula is C27H28N4O2S. The van der Waals surface area contributed by atoms with Crippen molar-refractivity contribution in [1.29, 1.82) is 5.26 Å². The molecule has 1 saturated heterocycles. The fourth-order valence-electron chi connectivity index (χ4n) is 4.10. The summed E-state index contributed by atoms with van der Waals surface area (Å²) in [6.07, 6.45) is 0.455. The Morgan fingerprint density at radius 1 is 0.912 bits per heavy atom. The molecule has 0 unspecified atom stereocenters. The summed E-state index contributed by atoms with van der Waals surface area (Å²) >= 11 is 1.40. The van der Waals surface area contributed by atoms with Crippen LogP contribution in [0.15, 0.2) is 64.5 Å². The van der Waals surface area contributed by atoms with Gasteiger partial charge >= 0.3 is 0 Å². The van der Waals surface area contributed by atoms with E-state index in [-0.39, 0.29) is 17.4 Å². The second-order valence-corrected chi connectivity index (χ2v) is 9.33. The smallest absolute Gasteiger partial charge is 0.267 e. The summed E-state index contributed by atoms with van der Waals surface area (Å²) in [6.45, 7) is 7.76. The molecule has 0 spiro atoms. The number of rotatable bonds is 4. The van der Waals surface area contributed by atoms with Gasteiger partial charge in [0.1, 0.15) is 16.7 Å². The molecule has 6 nitrogen and oxygen atoms in total. The number of thioether (sulfide) groups is 1.